The van der Waals surface area contributed by atoms with Crippen molar-refractivity contribution in [1.82, 2.24) is 0 Å². The molecule has 3 heteroatoms. The first-order chi connectivity index (χ1) is 8.56. The summed E-state index contributed by atoms with van der Waals surface area (Å²) in [5.74, 6) is -0.730. The monoisotopic (exact) mass is 264 g/mol. The average Bonchev–Trinajstić information content (AvgIpc) is 2.35. The van der Waals surface area contributed by atoms with Gasteiger partial charge in [-0.2, -0.15) is 0 Å². The molecule has 1 atom stereocenters. The molecule has 0 aliphatic carbocycles. The Morgan fingerprint density at radius 2 is 1.79 bits per heavy atom. The van der Waals surface area contributed by atoms with E-state index >= 15 is 0 Å². The number of aliphatic carboxylic acids is 1. The average molecular weight is 264 g/mol. The predicted molar refractivity (Wildman–Crippen MR) is 71.3 cm³/mol. The first kappa shape index (κ1) is 16.2. The molecule has 0 N–H and O–H groups in total. The number of rotatable bonds is 4. The molecule has 0 saturated heterocycles. The van der Waals surface area contributed by atoms with Gasteiger partial charge in [0.15, 0.2) is 0 Å². The number of aryl methyl sites for hydroxylation is 1. The van der Waals surface area contributed by atoms with Gasteiger partial charge in [-0.3, -0.25) is 0 Å². The smallest absolute Gasteiger partial charge is 0.550 e. The molecule has 2 aromatic rings. The third-order valence-electron chi connectivity index (χ3n) is 3.37. The zero-order valence-corrected chi connectivity index (χ0v) is 13.8. The standard InChI is InChI=1S/C16H18O2.Na/c1-11-3-5-15-10-13(6-7-14(15)9-11)12(2)4-8-16(17)18;/h3,5-7,9-10,12H,4,8H2,1-2H3,(H,17,18);/q;+1/p-1. The van der Waals surface area contributed by atoms with Crippen LogP contribution < -0.4 is 34.7 Å². The number of carboxylic acid groups (broad SMARTS) is 1. The molecule has 2 aromatic carbocycles. The van der Waals surface area contributed by atoms with E-state index in [9.17, 15) is 9.90 Å². The van der Waals surface area contributed by atoms with Gasteiger partial charge in [-0.05, 0) is 42.0 Å². The maximum atomic E-state index is 10.5. The Bertz CT molecular complexity index is 578. The van der Waals surface area contributed by atoms with Crippen molar-refractivity contribution in [3.05, 3.63) is 47.5 Å². The van der Waals surface area contributed by atoms with Crippen molar-refractivity contribution in [2.45, 2.75) is 32.6 Å². The van der Waals surface area contributed by atoms with E-state index in [1.54, 1.807) is 0 Å². The van der Waals surface area contributed by atoms with Crippen molar-refractivity contribution in [2.24, 2.45) is 0 Å². The summed E-state index contributed by atoms with van der Waals surface area (Å²) in [6.07, 6.45) is 0.743. The zero-order valence-electron chi connectivity index (χ0n) is 11.8. The van der Waals surface area contributed by atoms with Gasteiger partial charge in [-0.1, -0.05) is 48.9 Å². The first-order valence-corrected chi connectivity index (χ1v) is 6.26. The molecule has 0 amide bonds. The second-order valence-electron chi connectivity index (χ2n) is 4.92. The van der Waals surface area contributed by atoms with Crippen LogP contribution >= 0.6 is 0 Å². The first-order valence-electron chi connectivity index (χ1n) is 6.26. The van der Waals surface area contributed by atoms with Crippen molar-refractivity contribution in [3.8, 4) is 0 Å². The molecule has 1 unspecified atom stereocenters. The largest absolute Gasteiger partial charge is 1.00 e. The summed E-state index contributed by atoms with van der Waals surface area (Å²) in [6.45, 7) is 4.13. The molecule has 0 aliphatic heterocycles. The van der Waals surface area contributed by atoms with Gasteiger partial charge in [0.2, 0.25) is 0 Å². The van der Waals surface area contributed by atoms with E-state index in [0.29, 0.717) is 6.42 Å². The number of carbonyl (C=O) groups excluding carboxylic acids is 1. The van der Waals surface area contributed by atoms with Crippen LogP contribution in [0.3, 0.4) is 0 Å². The number of carbonyl (C=O) groups is 1. The molecule has 0 heterocycles. The van der Waals surface area contributed by atoms with Gasteiger partial charge in [-0.15, -0.1) is 0 Å². The van der Waals surface area contributed by atoms with Gasteiger partial charge < -0.3 is 9.90 Å². The van der Waals surface area contributed by atoms with Gasteiger partial charge in [0, 0.05) is 5.97 Å². The number of fused-ring (bicyclic) bond motifs is 1. The zero-order chi connectivity index (χ0) is 13.1. The van der Waals surface area contributed by atoms with E-state index in [2.05, 4.69) is 50.2 Å². The summed E-state index contributed by atoms with van der Waals surface area (Å²) in [7, 11) is 0. The molecule has 19 heavy (non-hydrogen) atoms. The van der Waals surface area contributed by atoms with Gasteiger partial charge >= 0.3 is 29.6 Å². The van der Waals surface area contributed by atoms with E-state index in [1.165, 1.54) is 21.9 Å². The van der Waals surface area contributed by atoms with Crippen LogP contribution in [-0.2, 0) is 4.79 Å². The second kappa shape index (κ2) is 7.09. The minimum atomic E-state index is -0.974. The Balaban J connectivity index is 0.00000180. The molecule has 0 fully saturated rings. The Kier molecular flexibility index (Phi) is 6.05. The fourth-order valence-corrected chi connectivity index (χ4v) is 2.19. The maximum Gasteiger partial charge on any atom is 1.00 e. The Morgan fingerprint density at radius 1 is 1.16 bits per heavy atom. The van der Waals surface area contributed by atoms with Crippen molar-refractivity contribution >= 4 is 16.7 Å². The predicted octanol–water partition coefficient (Wildman–Crippen LogP) is -0.214. The van der Waals surface area contributed by atoms with Gasteiger partial charge in [0.25, 0.3) is 0 Å². The third kappa shape index (κ3) is 4.34. The van der Waals surface area contributed by atoms with E-state index in [-0.39, 0.29) is 41.9 Å². The Labute approximate surface area is 136 Å². The summed E-state index contributed by atoms with van der Waals surface area (Å²) in [5, 5.41) is 12.9. The summed E-state index contributed by atoms with van der Waals surface area (Å²) in [5.41, 5.74) is 2.44. The third-order valence-corrected chi connectivity index (χ3v) is 3.37. The minimum Gasteiger partial charge on any atom is -0.550 e. The molecule has 0 aliphatic rings. The Morgan fingerprint density at radius 3 is 2.47 bits per heavy atom. The summed E-state index contributed by atoms with van der Waals surface area (Å²) < 4.78 is 0. The second-order valence-corrected chi connectivity index (χ2v) is 4.92. The molecule has 2 rings (SSSR count). The topological polar surface area (TPSA) is 40.1 Å². The molecule has 0 aromatic heterocycles. The number of hydrogen-bond donors (Lipinski definition) is 0. The van der Waals surface area contributed by atoms with Crippen LogP contribution in [0.5, 0.6) is 0 Å². The van der Waals surface area contributed by atoms with Crippen LogP contribution in [0.25, 0.3) is 10.8 Å². The van der Waals surface area contributed by atoms with Crippen LogP contribution in [0.4, 0.5) is 0 Å². The summed E-state index contributed by atoms with van der Waals surface area (Å²) in [4.78, 5) is 10.5. The molecular formula is C16H17NaO2. The minimum absolute atomic E-state index is 0. The molecule has 94 valence electrons. The molecule has 2 nitrogen and oxygen atoms in total. The van der Waals surface area contributed by atoms with E-state index < -0.39 is 5.97 Å². The molecule has 0 saturated carbocycles. The Hall–Kier alpha value is -0.830. The van der Waals surface area contributed by atoms with E-state index in [0.717, 1.165) is 0 Å². The maximum absolute atomic E-state index is 10.5. The van der Waals surface area contributed by atoms with Gasteiger partial charge in [0.05, 0.1) is 0 Å². The van der Waals surface area contributed by atoms with Crippen LogP contribution in [0.1, 0.15) is 36.8 Å². The van der Waals surface area contributed by atoms with Gasteiger partial charge in [0.1, 0.15) is 0 Å². The normalized spacial score (nSPS) is 11.9. The SMILES string of the molecule is Cc1ccc2cc(C(C)CCC(=O)[O-])ccc2c1.[Na+]. The van der Waals surface area contributed by atoms with Crippen LogP contribution in [0.2, 0.25) is 0 Å². The van der Waals surface area contributed by atoms with Crippen LogP contribution in [-0.4, -0.2) is 5.97 Å². The van der Waals surface area contributed by atoms with Gasteiger partial charge in [-0.25, -0.2) is 0 Å². The van der Waals surface area contributed by atoms with Crippen molar-refractivity contribution in [1.29, 1.82) is 0 Å². The number of carboxylic acids is 1. The molecule has 0 radical (unpaired) electrons. The van der Waals surface area contributed by atoms with Crippen LogP contribution in [0, 0.1) is 6.92 Å². The number of hydrogen-bond acceptors (Lipinski definition) is 2. The molecule has 0 spiro atoms. The summed E-state index contributed by atoms with van der Waals surface area (Å²) in [6, 6.07) is 12.7. The van der Waals surface area contributed by atoms with Crippen molar-refractivity contribution in [2.75, 3.05) is 0 Å². The van der Waals surface area contributed by atoms with Crippen molar-refractivity contribution in [3.63, 3.8) is 0 Å². The fraction of sp³-hybridized carbons (Fsp3) is 0.312. The molecular weight excluding hydrogens is 247 g/mol. The van der Waals surface area contributed by atoms with Crippen LogP contribution in [0.15, 0.2) is 36.4 Å². The quantitative estimate of drug-likeness (QED) is 0.717. The summed E-state index contributed by atoms with van der Waals surface area (Å²) >= 11 is 0. The molecule has 0 bridgehead atoms. The number of benzene rings is 2. The van der Waals surface area contributed by atoms with E-state index in [1.807, 2.05) is 0 Å². The fourth-order valence-electron chi connectivity index (χ4n) is 2.19. The van der Waals surface area contributed by atoms with Crippen molar-refractivity contribution < 1.29 is 39.5 Å². The van der Waals surface area contributed by atoms with E-state index in [4.69, 9.17) is 0 Å².